The number of amides is 1. The Hall–Kier alpha value is -2.94. The number of hydrogen-bond acceptors (Lipinski definition) is 3. The van der Waals surface area contributed by atoms with E-state index < -0.39 is 11.5 Å². The number of anilines is 1. The van der Waals surface area contributed by atoms with Crippen molar-refractivity contribution in [3.63, 3.8) is 0 Å². The van der Waals surface area contributed by atoms with Crippen LogP contribution in [0.25, 0.3) is 10.8 Å². The highest BCUT2D eigenvalue weighted by Gasteiger charge is 2.50. The van der Waals surface area contributed by atoms with Crippen LogP contribution in [0.4, 0.5) is 5.69 Å². The molecule has 4 nitrogen and oxygen atoms in total. The SMILES string of the molecule is C#CCN1C(=O)[C@](O)(CC(=O)c2ccc3ccccc3c2)c2cc(Br)ccc21. The van der Waals surface area contributed by atoms with Gasteiger partial charge in [-0.1, -0.05) is 58.2 Å². The van der Waals surface area contributed by atoms with Gasteiger partial charge in [0, 0.05) is 15.6 Å². The number of carbonyl (C=O) groups is 2. The zero-order valence-corrected chi connectivity index (χ0v) is 16.4. The predicted molar refractivity (Wildman–Crippen MR) is 112 cm³/mol. The Morgan fingerprint density at radius 1 is 1.11 bits per heavy atom. The highest BCUT2D eigenvalue weighted by atomic mass is 79.9. The van der Waals surface area contributed by atoms with Gasteiger partial charge in [-0.3, -0.25) is 14.5 Å². The predicted octanol–water partition coefficient (Wildman–Crippen LogP) is 4.04. The summed E-state index contributed by atoms with van der Waals surface area (Å²) in [4.78, 5) is 27.3. The Kier molecular flexibility index (Phi) is 4.54. The first-order valence-electron chi connectivity index (χ1n) is 8.74. The van der Waals surface area contributed by atoms with Crippen molar-refractivity contribution in [1.29, 1.82) is 0 Å². The number of carbonyl (C=O) groups excluding carboxylic acids is 2. The molecule has 1 amide bonds. The van der Waals surface area contributed by atoms with Crippen molar-refractivity contribution in [3.8, 4) is 12.3 Å². The number of ketones is 1. The van der Waals surface area contributed by atoms with E-state index in [2.05, 4.69) is 21.9 Å². The van der Waals surface area contributed by atoms with E-state index in [1.54, 1.807) is 30.3 Å². The lowest BCUT2D eigenvalue weighted by atomic mass is 9.88. The van der Waals surface area contributed by atoms with Crippen LogP contribution in [0, 0.1) is 12.3 Å². The van der Waals surface area contributed by atoms with Crippen LogP contribution < -0.4 is 4.90 Å². The highest BCUT2D eigenvalue weighted by Crippen LogP contribution is 2.44. The van der Waals surface area contributed by atoms with Gasteiger partial charge in [-0.2, -0.15) is 0 Å². The van der Waals surface area contributed by atoms with Gasteiger partial charge < -0.3 is 5.11 Å². The second kappa shape index (κ2) is 6.90. The van der Waals surface area contributed by atoms with Crippen molar-refractivity contribution >= 4 is 44.1 Å². The third-order valence-electron chi connectivity index (χ3n) is 5.03. The standard InChI is InChI=1S/C23H16BrNO3/c1-2-11-25-20-10-9-18(24)13-19(20)23(28,22(25)27)14-21(26)17-8-7-15-5-3-4-6-16(15)12-17/h1,3-10,12-13,28H,11,14H2/t23-/m0/s1. The summed E-state index contributed by atoms with van der Waals surface area (Å²) >= 11 is 3.37. The topological polar surface area (TPSA) is 57.6 Å². The molecule has 0 saturated carbocycles. The molecule has 3 aromatic rings. The van der Waals surface area contributed by atoms with Crippen LogP contribution in [0.1, 0.15) is 22.3 Å². The Balaban J connectivity index is 1.73. The molecular weight excluding hydrogens is 418 g/mol. The molecule has 0 aromatic heterocycles. The third kappa shape index (κ3) is 2.91. The minimum absolute atomic E-state index is 0.0277. The lowest BCUT2D eigenvalue weighted by Crippen LogP contribution is -2.42. The second-order valence-electron chi connectivity index (χ2n) is 6.78. The molecule has 0 radical (unpaired) electrons. The molecular formula is C23H16BrNO3. The average Bonchev–Trinajstić information content (AvgIpc) is 2.89. The molecule has 5 heteroatoms. The number of benzene rings is 3. The fourth-order valence-corrected chi connectivity index (χ4v) is 4.00. The monoisotopic (exact) mass is 433 g/mol. The number of fused-ring (bicyclic) bond motifs is 2. The van der Waals surface area contributed by atoms with Crippen LogP contribution in [0.2, 0.25) is 0 Å². The van der Waals surface area contributed by atoms with Gasteiger partial charge in [-0.25, -0.2) is 0 Å². The van der Waals surface area contributed by atoms with Gasteiger partial charge in [0.25, 0.3) is 5.91 Å². The molecule has 0 bridgehead atoms. The fraction of sp³-hybridized carbons (Fsp3) is 0.130. The lowest BCUT2D eigenvalue weighted by molar-refractivity contribution is -0.135. The molecule has 3 aromatic carbocycles. The van der Waals surface area contributed by atoms with Gasteiger partial charge in [0.15, 0.2) is 11.4 Å². The quantitative estimate of drug-likeness (QED) is 0.498. The van der Waals surface area contributed by atoms with E-state index >= 15 is 0 Å². The molecule has 0 fully saturated rings. The zero-order valence-electron chi connectivity index (χ0n) is 14.9. The summed E-state index contributed by atoms with van der Waals surface area (Å²) in [6.07, 6.45) is 5.04. The summed E-state index contributed by atoms with van der Waals surface area (Å²) in [5.74, 6) is 1.55. The lowest BCUT2D eigenvalue weighted by Gasteiger charge is -2.22. The first-order valence-corrected chi connectivity index (χ1v) is 9.53. The Morgan fingerprint density at radius 3 is 2.61 bits per heavy atom. The Morgan fingerprint density at radius 2 is 1.86 bits per heavy atom. The van der Waals surface area contributed by atoms with Crippen LogP contribution >= 0.6 is 15.9 Å². The number of Topliss-reactive ketones (excluding diaryl/α,β-unsaturated/α-hetero) is 1. The smallest absolute Gasteiger partial charge is 0.265 e. The largest absolute Gasteiger partial charge is 0.375 e. The van der Waals surface area contributed by atoms with E-state index in [-0.39, 0.29) is 18.7 Å². The van der Waals surface area contributed by atoms with Crippen molar-refractivity contribution < 1.29 is 14.7 Å². The van der Waals surface area contributed by atoms with E-state index in [1.165, 1.54) is 4.90 Å². The molecule has 1 N–H and O–H groups in total. The molecule has 0 spiro atoms. The van der Waals surface area contributed by atoms with Crippen LogP contribution in [0.15, 0.2) is 65.1 Å². The summed E-state index contributed by atoms with van der Waals surface area (Å²) in [6, 6.07) is 18.2. The molecule has 0 saturated heterocycles. The number of terminal acetylenes is 1. The third-order valence-corrected chi connectivity index (χ3v) is 5.52. The Labute approximate surface area is 170 Å². The second-order valence-corrected chi connectivity index (χ2v) is 7.69. The number of halogens is 1. The first kappa shape index (κ1) is 18.4. The number of nitrogens with zero attached hydrogens (tertiary/aromatic N) is 1. The van der Waals surface area contributed by atoms with Crippen molar-refractivity contribution in [2.24, 2.45) is 0 Å². The minimum atomic E-state index is -1.95. The number of aliphatic hydroxyl groups is 1. The van der Waals surface area contributed by atoms with Gasteiger partial charge in [-0.15, -0.1) is 6.42 Å². The summed E-state index contributed by atoms with van der Waals surface area (Å²) in [6.45, 7) is 0.0277. The van der Waals surface area contributed by atoms with Crippen molar-refractivity contribution in [2.75, 3.05) is 11.4 Å². The molecule has 138 valence electrons. The van der Waals surface area contributed by atoms with Crippen molar-refractivity contribution in [1.82, 2.24) is 0 Å². The Bertz CT molecular complexity index is 1160. The summed E-state index contributed by atoms with van der Waals surface area (Å²) in [7, 11) is 0. The number of rotatable bonds is 4. The van der Waals surface area contributed by atoms with E-state index in [4.69, 9.17) is 6.42 Å². The fourth-order valence-electron chi connectivity index (χ4n) is 3.64. The van der Waals surface area contributed by atoms with Crippen LogP contribution in [-0.2, 0) is 10.4 Å². The van der Waals surface area contributed by atoms with E-state index in [0.29, 0.717) is 21.3 Å². The van der Waals surface area contributed by atoms with Crippen LogP contribution in [-0.4, -0.2) is 23.3 Å². The summed E-state index contributed by atoms with van der Waals surface area (Å²) < 4.78 is 0.707. The maximum absolute atomic E-state index is 13.0. The maximum atomic E-state index is 13.0. The van der Waals surface area contributed by atoms with Crippen molar-refractivity contribution in [2.45, 2.75) is 12.0 Å². The molecule has 0 unspecified atom stereocenters. The average molecular weight is 434 g/mol. The number of hydrogen-bond donors (Lipinski definition) is 1. The first-order chi connectivity index (χ1) is 13.4. The minimum Gasteiger partial charge on any atom is -0.375 e. The highest BCUT2D eigenvalue weighted by molar-refractivity contribution is 9.10. The molecule has 4 rings (SSSR count). The van der Waals surface area contributed by atoms with E-state index in [9.17, 15) is 14.7 Å². The maximum Gasteiger partial charge on any atom is 0.265 e. The normalized spacial score (nSPS) is 18.2. The molecule has 1 heterocycles. The summed E-state index contributed by atoms with van der Waals surface area (Å²) in [5, 5.41) is 13.2. The van der Waals surface area contributed by atoms with Crippen molar-refractivity contribution in [3.05, 3.63) is 76.3 Å². The van der Waals surface area contributed by atoms with Crippen LogP contribution in [0.5, 0.6) is 0 Å². The molecule has 28 heavy (non-hydrogen) atoms. The van der Waals surface area contributed by atoms with Gasteiger partial charge in [0.05, 0.1) is 18.7 Å². The van der Waals surface area contributed by atoms with E-state index in [1.807, 2.05) is 30.3 Å². The van der Waals surface area contributed by atoms with Gasteiger partial charge >= 0.3 is 0 Å². The van der Waals surface area contributed by atoms with Gasteiger partial charge in [-0.05, 0) is 35.0 Å². The molecule has 0 aliphatic carbocycles. The van der Waals surface area contributed by atoms with Crippen LogP contribution in [0.3, 0.4) is 0 Å². The zero-order chi connectivity index (χ0) is 19.9. The summed E-state index contributed by atoms with van der Waals surface area (Å²) in [5.41, 5.74) is -0.582. The molecule has 1 aliphatic rings. The van der Waals surface area contributed by atoms with Gasteiger partial charge in [0.1, 0.15) is 0 Å². The molecule has 1 aliphatic heterocycles. The van der Waals surface area contributed by atoms with E-state index in [0.717, 1.165) is 10.8 Å². The van der Waals surface area contributed by atoms with Gasteiger partial charge in [0.2, 0.25) is 0 Å². The molecule has 1 atom stereocenters.